The summed E-state index contributed by atoms with van der Waals surface area (Å²) in [5.41, 5.74) is 2.54. The third kappa shape index (κ3) is 3.44. The second-order valence-corrected chi connectivity index (χ2v) is 7.18. The lowest BCUT2D eigenvalue weighted by Gasteiger charge is -2.31. The molecule has 2 aliphatic rings. The van der Waals surface area contributed by atoms with Gasteiger partial charge in [0.05, 0.1) is 6.54 Å². The van der Waals surface area contributed by atoms with Gasteiger partial charge in [-0.3, -0.25) is 4.79 Å². The van der Waals surface area contributed by atoms with Crippen molar-refractivity contribution >= 4 is 17.5 Å². The van der Waals surface area contributed by atoms with Crippen molar-refractivity contribution in [2.45, 2.75) is 25.8 Å². The van der Waals surface area contributed by atoms with Gasteiger partial charge < -0.3 is 9.64 Å². The summed E-state index contributed by atoms with van der Waals surface area (Å²) in [6, 6.07) is 10.0. The van der Waals surface area contributed by atoms with Crippen molar-refractivity contribution in [3.8, 4) is 0 Å². The Labute approximate surface area is 152 Å². The summed E-state index contributed by atoms with van der Waals surface area (Å²) in [7, 11) is 0. The summed E-state index contributed by atoms with van der Waals surface area (Å²) in [5.74, 6) is 0.544. The van der Waals surface area contributed by atoms with Crippen LogP contribution in [-0.2, 0) is 17.7 Å². The van der Waals surface area contributed by atoms with Crippen molar-refractivity contribution in [1.82, 2.24) is 14.7 Å². The molecule has 0 spiro atoms. The molecule has 0 bridgehead atoms. The maximum atomic E-state index is 12.9. The van der Waals surface area contributed by atoms with Crippen LogP contribution >= 0.6 is 11.6 Å². The number of rotatable bonds is 4. The lowest BCUT2D eigenvalue weighted by Crippen LogP contribution is -2.41. The Hall–Kier alpha value is -1.85. The Balaban J connectivity index is 1.51. The van der Waals surface area contributed by atoms with Gasteiger partial charge in [0.2, 0.25) is 0 Å². The highest BCUT2D eigenvalue weighted by molar-refractivity contribution is 6.31. The fraction of sp³-hybridized carbons (Fsp3) is 0.474. The fourth-order valence-electron chi connectivity index (χ4n) is 3.65. The molecule has 5 nitrogen and oxygen atoms in total. The minimum atomic E-state index is 0.0152. The maximum absolute atomic E-state index is 12.9. The molecule has 1 saturated heterocycles. The van der Waals surface area contributed by atoms with Crippen LogP contribution in [0.25, 0.3) is 0 Å². The van der Waals surface area contributed by atoms with Crippen LogP contribution in [0.1, 0.15) is 34.5 Å². The van der Waals surface area contributed by atoms with Crippen molar-refractivity contribution < 1.29 is 9.53 Å². The number of halogens is 1. The van der Waals surface area contributed by atoms with E-state index in [9.17, 15) is 4.79 Å². The van der Waals surface area contributed by atoms with Gasteiger partial charge in [0.15, 0.2) is 5.69 Å². The van der Waals surface area contributed by atoms with Gasteiger partial charge in [0, 0.05) is 31.9 Å². The van der Waals surface area contributed by atoms with Crippen LogP contribution in [0.2, 0.25) is 5.15 Å². The number of hydrogen-bond acceptors (Lipinski definition) is 3. The molecule has 4 rings (SSSR count). The highest BCUT2D eigenvalue weighted by Crippen LogP contribution is 2.28. The smallest absolute Gasteiger partial charge is 0.274 e. The average Bonchev–Trinajstić information content (AvgIpc) is 2.96. The van der Waals surface area contributed by atoms with Crippen molar-refractivity contribution in [3.05, 3.63) is 52.3 Å². The van der Waals surface area contributed by atoms with Gasteiger partial charge in [0.1, 0.15) is 5.15 Å². The number of nitrogens with zero attached hydrogens (tertiary/aromatic N) is 3. The van der Waals surface area contributed by atoms with E-state index < -0.39 is 0 Å². The van der Waals surface area contributed by atoms with Crippen LogP contribution < -0.4 is 0 Å². The minimum Gasteiger partial charge on any atom is -0.381 e. The van der Waals surface area contributed by atoms with Crippen LogP contribution in [-0.4, -0.2) is 46.9 Å². The first-order valence-electron chi connectivity index (χ1n) is 8.88. The fourth-order valence-corrected chi connectivity index (χ4v) is 3.93. The van der Waals surface area contributed by atoms with E-state index in [2.05, 4.69) is 5.10 Å². The van der Waals surface area contributed by atoms with E-state index in [0.29, 0.717) is 23.3 Å². The summed E-state index contributed by atoms with van der Waals surface area (Å²) in [6.07, 6.45) is 2.83. The summed E-state index contributed by atoms with van der Waals surface area (Å²) < 4.78 is 7.16. The molecule has 3 heterocycles. The Kier molecular flexibility index (Phi) is 4.77. The van der Waals surface area contributed by atoms with E-state index in [0.717, 1.165) is 56.7 Å². The van der Waals surface area contributed by atoms with Gasteiger partial charge in [-0.2, -0.15) is 5.10 Å². The van der Waals surface area contributed by atoms with Crippen LogP contribution in [0.15, 0.2) is 30.3 Å². The predicted molar refractivity (Wildman–Crippen MR) is 95.9 cm³/mol. The van der Waals surface area contributed by atoms with Gasteiger partial charge in [0.25, 0.3) is 5.91 Å². The molecule has 0 atom stereocenters. The van der Waals surface area contributed by atoms with Crippen molar-refractivity contribution in [2.75, 3.05) is 26.3 Å². The van der Waals surface area contributed by atoms with Gasteiger partial charge in [-0.05, 0) is 30.7 Å². The molecular weight excluding hydrogens is 338 g/mol. The van der Waals surface area contributed by atoms with Crippen molar-refractivity contribution in [1.29, 1.82) is 0 Å². The molecule has 0 N–H and O–H groups in total. The predicted octanol–water partition coefficient (Wildman–Crippen LogP) is 3.01. The molecule has 6 heteroatoms. The second-order valence-electron chi connectivity index (χ2n) is 6.82. The van der Waals surface area contributed by atoms with Crippen molar-refractivity contribution in [3.63, 3.8) is 0 Å². The number of amides is 1. The standard InChI is InChI=1S/C19H22ClN3O2/c20-18-16-6-9-22(12-15-7-10-25-11-8-15)19(24)17(16)21-23(18)13-14-4-2-1-3-5-14/h1-5,15H,6-13H2. The lowest BCUT2D eigenvalue weighted by atomic mass is 9.98. The van der Waals surface area contributed by atoms with Crippen LogP contribution in [0.4, 0.5) is 0 Å². The van der Waals surface area contributed by atoms with Gasteiger partial charge in [-0.1, -0.05) is 41.9 Å². The third-order valence-electron chi connectivity index (χ3n) is 5.10. The first kappa shape index (κ1) is 16.6. The molecule has 1 fully saturated rings. The third-order valence-corrected chi connectivity index (χ3v) is 5.52. The Morgan fingerprint density at radius 2 is 1.96 bits per heavy atom. The van der Waals surface area contributed by atoms with E-state index in [1.807, 2.05) is 35.2 Å². The lowest BCUT2D eigenvalue weighted by molar-refractivity contribution is 0.0446. The molecular formula is C19H22ClN3O2. The van der Waals surface area contributed by atoms with Gasteiger partial charge in [-0.25, -0.2) is 4.68 Å². The summed E-state index contributed by atoms with van der Waals surface area (Å²) >= 11 is 6.51. The average molecular weight is 360 g/mol. The summed E-state index contributed by atoms with van der Waals surface area (Å²) in [4.78, 5) is 14.8. The van der Waals surface area contributed by atoms with E-state index in [4.69, 9.17) is 16.3 Å². The largest absolute Gasteiger partial charge is 0.381 e. The zero-order valence-corrected chi connectivity index (χ0v) is 14.9. The van der Waals surface area contributed by atoms with Crippen LogP contribution in [0.3, 0.4) is 0 Å². The number of fused-ring (bicyclic) bond motifs is 1. The molecule has 25 heavy (non-hydrogen) atoms. The van der Waals surface area contributed by atoms with E-state index in [-0.39, 0.29) is 5.91 Å². The monoisotopic (exact) mass is 359 g/mol. The number of hydrogen-bond donors (Lipinski definition) is 0. The SMILES string of the molecule is O=C1c2nn(Cc3ccccc3)c(Cl)c2CCN1CC1CCOCC1. The molecule has 132 valence electrons. The molecule has 1 aromatic carbocycles. The highest BCUT2D eigenvalue weighted by atomic mass is 35.5. The summed E-state index contributed by atoms with van der Waals surface area (Å²) in [6.45, 7) is 3.70. The van der Waals surface area contributed by atoms with E-state index >= 15 is 0 Å². The Morgan fingerprint density at radius 1 is 1.20 bits per heavy atom. The first-order valence-corrected chi connectivity index (χ1v) is 9.26. The Bertz CT molecular complexity index is 754. The quantitative estimate of drug-likeness (QED) is 0.843. The van der Waals surface area contributed by atoms with Crippen LogP contribution in [0.5, 0.6) is 0 Å². The first-order chi connectivity index (χ1) is 12.2. The van der Waals surface area contributed by atoms with Gasteiger partial charge in [-0.15, -0.1) is 0 Å². The molecule has 1 amide bonds. The Morgan fingerprint density at radius 3 is 2.72 bits per heavy atom. The van der Waals surface area contributed by atoms with Crippen molar-refractivity contribution in [2.24, 2.45) is 5.92 Å². The van der Waals surface area contributed by atoms with E-state index in [1.54, 1.807) is 4.68 Å². The number of ether oxygens (including phenoxy) is 1. The molecule has 2 aliphatic heterocycles. The number of carbonyl (C=O) groups excluding carboxylic acids is 1. The highest BCUT2D eigenvalue weighted by Gasteiger charge is 2.32. The second kappa shape index (κ2) is 7.18. The molecule has 0 saturated carbocycles. The zero-order valence-electron chi connectivity index (χ0n) is 14.2. The molecule has 0 aliphatic carbocycles. The van der Waals surface area contributed by atoms with Crippen LogP contribution in [0, 0.1) is 5.92 Å². The molecule has 2 aromatic rings. The zero-order chi connectivity index (χ0) is 17.2. The number of carbonyl (C=O) groups is 1. The summed E-state index contributed by atoms with van der Waals surface area (Å²) in [5, 5.41) is 5.13. The topological polar surface area (TPSA) is 47.4 Å². The normalized spacial score (nSPS) is 18.4. The minimum absolute atomic E-state index is 0.0152. The van der Waals surface area contributed by atoms with E-state index in [1.165, 1.54) is 0 Å². The molecule has 0 radical (unpaired) electrons. The van der Waals surface area contributed by atoms with Gasteiger partial charge >= 0.3 is 0 Å². The number of aromatic nitrogens is 2. The number of benzene rings is 1. The maximum Gasteiger partial charge on any atom is 0.274 e. The molecule has 1 aromatic heterocycles. The molecule has 0 unspecified atom stereocenters.